The number of aliphatic hydroxyl groups excluding tert-OH is 2. The average Bonchev–Trinajstić information content (AvgIpc) is 0.825. The lowest BCUT2D eigenvalue weighted by atomic mass is 9.99. The third-order valence-electron chi connectivity index (χ3n) is 17.5. The highest BCUT2D eigenvalue weighted by Gasteiger charge is 2.41. The second kappa shape index (κ2) is 49.4. The number of phenolic OH excluding ortho intramolecular Hbond substituents is 3. The van der Waals surface area contributed by atoms with E-state index in [4.69, 9.17) is 51.0 Å². The van der Waals surface area contributed by atoms with Crippen LogP contribution in [0, 0.1) is 10.8 Å². The molecule has 0 aliphatic carbocycles. The number of rotatable bonds is 51. The van der Waals surface area contributed by atoms with Gasteiger partial charge in [-0.3, -0.25) is 73.1 Å². The van der Waals surface area contributed by atoms with Gasteiger partial charge in [0.15, 0.2) is 11.9 Å². The van der Waals surface area contributed by atoms with Crippen LogP contribution in [0.4, 0.5) is 0 Å². The molecule has 45 heteroatoms. The minimum absolute atomic E-state index is 0.0397. The highest BCUT2D eigenvalue weighted by atomic mass is 32.1. The minimum atomic E-state index is -1.96. The number of carbonyl (C=O) groups excluding carboxylic acids is 13. The van der Waals surface area contributed by atoms with Gasteiger partial charge in [0.1, 0.15) is 95.8 Å². The smallest absolute Gasteiger partial charge is 0.326 e. The van der Waals surface area contributed by atoms with Crippen molar-refractivity contribution in [3.63, 3.8) is 0 Å². The standard InChI is InChI=1S/C71H111N23O20S2/c1-34(95)53(76)65(110)89-48(30-37-11-17-40(98)18-12-37)63(108)94-55(71(3,4)116)67(112)90-49(32-52(75)100)62(107)84-42(7-5-27-81-69(77)78)56(101)85-46(23-26-74)60(105)93-54(35(2)96)66(111)87-45(22-25-73)59(104)88-47(29-36-9-15-39(97)16-10-36)61(106)92-51(33-115)64(109)86-44(21-24-72)58(103)83-43(8-6-28-82-70(79)80)57(102)91-50(68(113)114)31-38-13-19-41(99)20-14-38/h9-20,34-35,42-51,53-55,95-99,115-116H,5-8,21-33,72-74,76H2,1-4H3,(H2,75,100)(H,83,103)(H,84,107)(H,85,101)(H,86,109)(H,87,111)(H,88,104)(H,89,110)(H,90,112)(H,91,102)(H,92,106)(H,93,105)(H,94,108)(H,113,114)(H4,77,78,81)(H4,79,80,82)/t34-,35-,42+,43+,44+,45-,46+,47+,48+,49+,50+,51+,53+,54+,55-/m1/s1. The van der Waals surface area contributed by atoms with E-state index in [1.54, 1.807) is 0 Å². The third-order valence-corrected chi connectivity index (χ3v) is 18.1. The molecule has 3 aromatic rings. The predicted octanol–water partition coefficient (Wildman–Crippen LogP) is -9.09. The Bertz CT molecular complexity index is 3840. The van der Waals surface area contributed by atoms with E-state index in [1.165, 1.54) is 93.6 Å². The SMILES string of the molecule is C[C@@H](O)[C@H](N)C(=O)N[C@@H](Cc1ccc(O)cc1)C(=O)N[C@H](C(=O)N[C@@H](CC(N)=O)C(=O)N[C@@H](CCCNC(=N)N)C(=O)N[C@@H](CCN)C(=O)N[C@H](C(=O)N[C@H](CCN)C(=O)N[C@@H](Cc1ccc(O)cc1)C(=O)N[C@@H](CS)C(=O)N[C@@H](CCN)C(=O)N[C@@H](CCCNC(=N)N)C(=O)N[C@@H](Cc1ccc(O)cc1)C(=O)O)[C@@H](C)O)C(C)(C)S. The quantitative estimate of drug-likeness (QED) is 0.0108. The van der Waals surface area contributed by atoms with E-state index in [2.05, 4.69) is 99.7 Å². The van der Waals surface area contributed by atoms with Gasteiger partial charge in [0.05, 0.1) is 18.6 Å². The van der Waals surface area contributed by atoms with Crippen LogP contribution in [0.15, 0.2) is 72.8 Å². The Morgan fingerprint density at radius 2 is 0.698 bits per heavy atom. The van der Waals surface area contributed by atoms with Crippen LogP contribution in [0.1, 0.15) is 95.8 Å². The molecule has 0 radical (unpaired) electrons. The zero-order chi connectivity index (χ0) is 87.3. The highest BCUT2D eigenvalue weighted by molar-refractivity contribution is 7.81. The zero-order valence-corrected chi connectivity index (χ0v) is 66.2. The van der Waals surface area contributed by atoms with Gasteiger partial charge in [0.2, 0.25) is 76.8 Å². The van der Waals surface area contributed by atoms with E-state index in [0.717, 1.165) is 6.92 Å². The maximum atomic E-state index is 14.5. The number of thiol groups is 2. The first-order valence-corrected chi connectivity index (χ1v) is 37.8. The summed E-state index contributed by atoms with van der Waals surface area (Å²) in [5, 5.41) is 110. The number of carboxylic acid groups (broad SMARTS) is 1. The number of hydrogen-bond donors (Lipinski definition) is 31. The Morgan fingerprint density at radius 3 is 1.03 bits per heavy atom. The number of aromatic hydroxyl groups is 3. The van der Waals surface area contributed by atoms with Crippen molar-refractivity contribution in [2.45, 2.75) is 194 Å². The van der Waals surface area contributed by atoms with E-state index in [0.29, 0.717) is 16.7 Å². The van der Waals surface area contributed by atoms with Gasteiger partial charge in [-0.05, 0) is 145 Å². The summed E-state index contributed by atoms with van der Waals surface area (Å²) in [5.74, 6) is -17.4. The minimum Gasteiger partial charge on any atom is -0.508 e. The lowest BCUT2D eigenvalue weighted by molar-refractivity contribution is -0.142. The van der Waals surface area contributed by atoms with Gasteiger partial charge < -0.3 is 145 Å². The number of benzene rings is 3. The first-order chi connectivity index (χ1) is 54.5. The largest absolute Gasteiger partial charge is 0.508 e. The van der Waals surface area contributed by atoms with Crippen LogP contribution in [-0.4, -0.2) is 259 Å². The summed E-state index contributed by atoms with van der Waals surface area (Å²) in [5.41, 5.74) is 41.2. The molecule has 0 fully saturated rings. The molecular weight excluding hydrogens is 1560 g/mol. The molecule has 0 heterocycles. The second-order valence-corrected chi connectivity index (χ2v) is 29.2. The Morgan fingerprint density at radius 1 is 0.405 bits per heavy atom. The van der Waals surface area contributed by atoms with Crippen LogP contribution in [0.25, 0.3) is 0 Å². The monoisotopic (exact) mass is 1670 g/mol. The number of carboxylic acids is 1. The Kier molecular flexibility index (Phi) is 42.1. The summed E-state index contributed by atoms with van der Waals surface area (Å²) in [6.45, 7) is 4.16. The molecule has 116 heavy (non-hydrogen) atoms. The van der Waals surface area contributed by atoms with Crippen molar-refractivity contribution in [1.29, 1.82) is 10.8 Å². The summed E-state index contributed by atoms with van der Waals surface area (Å²) in [6.07, 6.45) is -6.44. The van der Waals surface area contributed by atoms with Crippen molar-refractivity contribution in [1.82, 2.24) is 74.4 Å². The maximum absolute atomic E-state index is 14.5. The van der Waals surface area contributed by atoms with Crippen LogP contribution < -0.4 is 115 Å². The summed E-state index contributed by atoms with van der Waals surface area (Å²) in [7, 11) is 0. The van der Waals surface area contributed by atoms with Gasteiger partial charge in [0, 0.05) is 42.9 Å². The van der Waals surface area contributed by atoms with Crippen LogP contribution in [0.5, 0.6) is 17.2 Å². The molecule has 0 bridgehead atoms. The molecule has 36 N–H and O–H groups in total. The Balaban J connectivity index is 1.92. The van der Waals surface area contributed by atoms with Gasteiger partial charge in [-0.1, -0.05) is 36.4 Å². The molecular formula is C71H111N23O20S2. The van der Waals surface area contributed by atoms with Gasteiger partial charge in [-0.2, -0.15) is 25.3 Å². The number of primary amides is 1. The number of hydrogen-bond acceptors (Lipinski definition) is 27. The van der Waals surface area contributed by atoms with E-state index in [1.807, 2.05) is 0 Å². The number of phenols is 3. The number of guanidine groups is 2. The average molecular weight is 1670 g/mol. The van der Waals surface area contributed by atoms with Gasteiger partial charge in [-0.25, -0.2) is 4.79 Å². The fourth-order valence-corrected chi connectivity index (χ4v) is 11.5. The lowest BCUT2D eigenvalue weighted by Crippen LogP contribution is -2.64. The molecule has 43 nitrogen and oxygen atoms in total. The fraction of sp³-hybridized carbons (Fsp3) is 0.521. The number of aliphatic hydroxyl groups is 2. The van der Waals surface area contributed by atoms with E-state index in [-0.39, 0.29) is 108 Å². The summed E-state index contributed by atoms with van der Waals surface area (Å²) < 4.78 is -1.51. The first kappa shape index (κ1) is 98.8. The second-order valence-electron chi connectivity index (χ2n) is 27.7. The number of amides is 13. The zero-order valence-electron chi connectivity index (χ0n) is 64.4. The van der Waals surface area contributed by atoms with Crippen molar-refractivity contribution < 1.29 is 97.8 Å². The van der Waals surface area contributed by atoms with Gasteiger partial charge >= 0.3 is 5.97 Å². The molecule has 0 unspecified atom stereocenters. The van der Waals surface area contributed by atoms with Crippen molar-refractivity contribution in [2.24, 2.45) is 40.1 Å². The summed E-state index contributed by atoms with van der Waals surface area (Å²) in [6, 6.07) is -5.11. The number of aliphatic carboxylic acids is 1. The summed E-state index contributed by atoms with van der Waals surface area (Å²) >= 11 is 8.79. The molecule has 15 atom stereocenters. The summed E-state index contributed by atoms with van der Waals surface area (Å²) in [4.78, 5) is 195. The van der Waals surface area contributed by atoms with Gasteiger partial charge in [0.25, 0.3) is 0 Å². The Labute approximate surface area is 679 Å². The molecule has 3 aromatic carbocycles. The Hall–Kier alpha value is -11.4. The molecule has 0 saturated heterocycles. The van der Waals surface area contributed by atoms with Crippen LogP contribution in [-0.2, 0) is 86.4 Å². The third kappa shape index (κ3) is 35.2. The number of nitrogens with one attached hydrogen (secondary N) is 16. The molecule has 0 aromatic heterocycles. The molecule has 642 valence electrons. The molecule has 3 rings (SSSR count). The van der Waals surface area contributed by atoms with Crippen LogP contribution >= 0.6 is 25.3 Å². The molecule has 13 amide bonds. The van der Waals surface area contributed by atoms with E-state index < -0.39 is 209 Å². The van der Waals surface area contributed by atoms with E-state index in [9.17, 15) is 97.8 Å². The number of carbonyl (C=O) groups is 14. The number of nitrogens with two attached hydrogens (primary N) is 7. The first-order valence-electron chi connectivity index (χ1n) is 36.7. The predicted molar refractivity (Wildman–Crippen MR) is 428 cm³/mol. The maximum Gasteiger partial charge on any atom is 0.326 e. The van der Waals surface area contributed by atoms with Gasteiger partial charge in [-0.15, -0.1) is 0 Å². The van der Waals surface area contributed by atoms with E-state index >= 15 is 0 Å². The fourth-order valence-electron chi connectivity index (χ4n) is 11.1. The van der Waals surface area contributed by atoms with Crippen molar-refractivity contribution >= 4 is 120 Å². The topological polar surface area (TPSA) is 759 Å². The van der Waals surface area contributed by atoms with Crippen molar-refractivity contribution in [3.8, 4) is 17.2 Å². The van der Waals surface area contributed by atoms with Crippen LogP contribution in [0.3, 0.4) is 0 Å². The molecule has 0 aliphatic heterocycles. The molecule has 0 saturated carbocycles. The molecule has 0 aliphatic rings. The van der Waals surface area contributed by atoms with Crippen molar-refractivity contribution in [2.75, 3.05) is 38.5 Å². The highest BCUT2D eigenvalue weighted by Crippen LogP contribution is 2.21. The van der Waals surface area contributed by atoms with Crippen LogP contribution in [0.2, 0.25) is 0 Å². The molecule has 0 spiro atoms. The van der Waals surface area contributed by atoms with Crippen molar-refractivity contribution in [3.05, 3.63) is 89.5 Å². The normalized spacial score (nSPS) is 15.1. The lowest BCUT2D eigenvalue weighted by Gasteiger charge is -2.33.